The van der Waals surface area contributed by atoms with Gasteiger partial charge < -0.3 is 4.74 Å². The highest BCUT2D eigenvalue weighted by Gasteiger charge is 2.37. The molecule has 1 aromatic carbocycles. The van der Waals surface area contributed by atoms with Gasteiger partial charge in [-0.3, -0.25) is 14.4 Å². The molecule has 0 atom stereocenters. The van der Waals surface area contributed by atoms with Gasteiger partial charge in [0.1, 0.15) is 18.9 Å². The fourth-order valence-electron chi connectivity index (χ4n) is 2.73. The zero-order valence-electron chi connectivity index (χ0n) is 13.5. The molecule has 3 rings (SSSR count). The van der Waals surface area contributed by atoms with E-state index < -0.39 is 11.7 Å². The fraction of sp³-hybridized carbons (Fsp3) is 0.375. The molecule has 1 aliphatic rings. The van der Waals surface area contributed by atoms with Gasteiger partial charge in [0.2, 0.25) is 0 Å². The number of halogens is 2. The largest absolute Gasteiger partial charge is 0.488 e. The molecule has 0 amide bonds. The lowest BCUT2D eigenvalue weighted by Gasteiger charge is -2.19. The Hall–Kier alpha value is -2.32. The van der Waals surface area contributed by atoms with E-state index >= 15 is 0 Å². The van der Waals surface area contributed by atoms with E-state index in [4.69, 9.17) is 27.9 Å². The number of aromatic nitrogens is 4. The average Bonchev–Trinajstić information content (AvgIpc) is 3.11. The molecule has 2 aromatic rings. The summed E-state index contributed by atoms with van der Waals surface area (Å²) in [6, 6.07) is 2.85. The molecule has 8 nitrogen and oxygen atoms in total. The number of carbonyl (C=O) groups is 3. The predicted octanol–water partition coefficient (Wildman–Crippen LogP) is 2.18. The second-order valence-electron chi connectivity index (χ2n) is 5.74. The van der Waals surface area contributed by atoms with Crippen molar-refractivity contribution in [3.63, 3.8) is 0 Å². The van der Waals surface area contributed by atoms with E-state index in [0.717, 1.165) is 0 Å². The Morgan fingerprint density at radius 2 is 1.96 bits per heavy atom. The molecule has 1 aromatic heterocycles. The first-order valence-electron chi connectivity index (χ1n) is 7.90. The molecule has 10 heteroatoms. The van der Waals surface area contributed by atoms with Gasteiger partial charge in [-0.05, 0) is 29.0 Å². The van der Waals surface area contributed by atoms with Crippen LogP contribution in [0, 0.1) is 5.92 Å². The van der Waals surface area contributed by atoms with Crippen molar-refractivity contribution in [2.24, 2.45) is 5.92 Å². The molecule has 136 valence electrons. The number of benzene rings is 1. The van der Waals surface area contributed by atoms with Crippen LogP contribution in [-0.2, 0) is 16.1 Å². The number of carbonyl (C=O) groups excluding carboxylic acids is 3. The summed E-state index contributed by atoms with van der Waals surface area (Å²) < 4.78 is 7.02. The standard InChI is InChI=1S/C16H14Cl2N4O4/c17-10-5-4-9(15(25)13-11(23)2-1-3-12(13)24)14(18)16(10)26-7-6-22-8-19-20-21-22/h4-5,8,13H,1-3,6-7H2. The van der Waals surface area contributed by atoms with E-state index in [2.05, 4.69) is 15.5 Å². The van der Waals surface area contributed by atoms with Crippen molar-refractivity contribution in [2.75, 3.05) is 6.61 Å². The molecule has 1 fully saturated rings. The van der Waals surface area contributed by atoms with E-state index in [-0.39, 0.29) is 52.4 Å². The van der Waals surface area contributed by atoms with Gasteiger partial charge in [-0.2, -0.15) is 0 Å². The van der Waals surface area contributed by atoms with Crippen molar-refractivity contribution in [2.45, 2.75) is 25.8 Å². The minimum absolute atomic E-state index is 0.0228. The number of ether oxygens (including phenoxy) is 1. The zero-order valence-corrected chi connectivity index (χ0v) is 15.0. The highest BCUT2D eigenvalue weighted by atomic mass is 35.5. The molecule has 1 heterocycles. The van der Waals surface area contributed by atoms with Crippen LogP contribution in [-0.4, -0.2) is 44.2 Å². The predicted molar refractivity (Wildman–Crippen MR) is 91.5 cm³/mol. The molecular formula is C16H14Cl2N4O4. The van der Waals surface area contributed by atoms with Crippen LogP contribution in [0.3, 0.4) is 0 Å². The Morgan fingerprint density at radius 1 is 1.23 bits per heavy atom. The molecule has 0 N–H and O–H groups in total. The normalized spacial score (nSPS) is 15.3. The summed E-state index contributed by atoms with van der Waals surface area (Å²) in [7, 11) is 0. The molecular weight excluding hydrogens is 383 g/mol. The first kappa shape index (κ1) is 18.5. The van der Waals surface area contributed by atoms with Gasteiger partial charge >= 0.3 is 0 Å². The van der Waals surface area contributed by atoms with E-state index in [0.29, 0.717) is 13.0 Å². The third kappa shape index (κ3) is 3.76. The maximum Gasteiger partial charge on any atom is 0.182 e. The van der Waals surface area contributed by atoms with Gasteiger partial charge in [0.05, 0.1) is 16.6 Å². The maximum atomic E-state index is 12.7. The van der Waals surface area contributed by atoms with Crippen LogP contribution in [0.25, 0.3) is 0 Å². The summed E-state index contributed by atoms with van der Waals surface area (Å²) in [5, 5.41) is 10.9. The minimum atomic E-state index is -1.29. The lowest BCUT2D eigenvalue weighted by Crippen LogP contribution is -2.35. The number of hydrogen-bond acceptors (Lipinski definition) is 7. The number of rotatable bonds is 6. The zero-order chi connectivity index (χ0) is 18.7. The SMILES string of the molecule is O=C1CCCC(=O)C1C(=O)c1ccc(Cl)c(OCCn2cnnn2)c1Cl. The molecule has 0 saturated heterocycles. The highest BCUT2D eigenvalue weighted by Crippen LogP contribution is 2.37. The Labute approximate surface area is 158 Å². The van der Waals surface area contributed by atoms with Crippen molar-refractivity contribution in [3.05, 3.63) is 34.1 Å². The van der Waals surface area contributed by atoms with E-state index in [1.807, 2.05) is 0 Å². The Morgan fingerprint density at radius 3 is 2.62 bits per heavy atom. The van der Waals surface area contributed by atoms with Crippen LogP contribution < -0.4 is 4.74 Å². The Bertz CT molecular complexity index is 838. The fourth-order valence-corrected chi connectivity index (χ4v) is 3.30. The average molecular weight is 397 g/mol. The Balaban J connectivity index is 1.80. The van der Waals surface area contributed by atoms with E-state index in [9.17, 15) is 14.4 Å². The number of ketones is 3. The van der Waals surface area contributed by atoms with E-state index in [1.54, 1.807) is 0 Å². The van der Waals surface area contributed by atoms with Crippen molar-refractivity contribution in [3.8, 4) is 5.75 Å². The first-order chi connectivity index (χ1) is 12.5. The van der Waals surface area contributed by atoms with Gasteiger partial charge in [0.25, 0.3) is 0 Å². The van der Waals surface area contributed by atoms with Crippen molar-refractivity contribution < 1.29 is 19.1 Å². The van der Waals surface area contributed by atoms with Crippen LogP contribution in [0.15, 0.2) is 18.5 Å². The molecule has 0 spiro atoms. The van der Waals surface area contributed by atoms with Gasteiger partial charge in [-0.15, -0.1) is 5.10 Å². The lowest BCUT2D eigenvalue weighted by molar-refractivity contribution is -0.133. The van der Waals surface area contributed by atoms with Crippen molar-refractivity contribution in [1.82, 2.24) is 20.2 Å². The third-order valence-corrected chi connectivity index (χ3v) is 4.70. The molecule has 0 unspecified atom stereocenters. The van der Waals surface area contributed by atoms with Crippen LogP contribution in [0.5, 0.6) is 5.75 Å². The quantitative estimate of drug-likeness (QED) is 0.544. The summed E-state index contributed by atoms with van der Waals surface area (Å²) in [4.78, 5) is 36.8. The van der Waals surface area contributed by atoms with E-state index in [1.165, 1.54) is 23.1 Å². The lowest BCUT2D eigenvalue weighted by atomic mass is 9.81. The van der Waals surface area contributed by atoms with Crippen molar-refractivity contribution in [1.29, 1.82) is 0 Å². The first-order valence-corrected chi connectivity index (χ1v) is 8.66. The summed E-state index contributed by atoms with van der Waals surface area (Å²) in [5.41, 5.74) is 0.0436. The third-order valence-electron chi connectivity index (χ3n) is 4.03. The highest BCUT2D eigenvalue weighted by molar-refractivity contribution is 6.40. The van der Waals surface area contributed by atoms with Crippen LogP contribution in [0.1, 0.15) is 29.6 Å². The van der Waals surface area contributed by atoms with Crippen LogP contribution in [0.2, 0.25) is 10.0 Å². The molecule has 0 aliphatic heterocycles. The second kappa shape index (κ2) is 7.92. The number of hydrogen-bond donors (Lipinski definition) is 0. The molecule has 1 saturated carbocycles. The smallest absolute Gasteiger partial charge is 0.182 e. The maximum absolute atomic E-state index is 12.7. The summed E-state index contributed by atoms with van der Waals surface area (Å²) in [6.07, 6.45) is 2.32. The molecule has 0 radical (unpaired) electrons. The number of nitrogens with zero attached hydrogens (tertiary/aromatic N) is 4. The number of tetrazole rings is 1. The van der Waals surface area contributed by atoms with Gasteiger partial charge in [0.15, 0.2) is 23.1 Å². The number of Topliss-reactive ketones (excluding diaryl/α,β-unsaturated/α-hetero) is 3. The van der Waals surface area contributed by atoms with Crippen LogP contribution >= 0.6 is 23.2 Å². The van der Waals surface area contributed by atoms with Crippen molar-refractivity contribution >= 4 is 40.6 Å². The summed E-state index contributed by atoms with van der Waals surface area (Å²) in [5.74, 6) is -2.55. The monoisotopic (exact) mass is 396 g/mol. The Kier molecular flexibility index (Phi) is 5.63. The van der Waals surface area contributed by atoms with Gasteiger partial charge in [0, 0.05) is 18.4 Å². The van der Waals surface area contributed by atoms with Gasteiger partial charge in [-0.1, -0.05) is 23.2 Å². The molecule has 1 aliphatic carbocycles. The van der Waals surface area contributed by atoms with Gasteiger partial charge in [-0.25, -0.2) is 4.68 Å². The second-order valence-corrected chi connectivity index (χ2v) is 6.53. The molecule has 26 heavy (non-hydrogen) atoms. The summed E-state index contributed by atoms with van der Waals surface area (Å²) in [6.45, 7) is 0.501. The molecule has 0 bridgehead atoms. The topological polar surface area (TPSA) is 104 Å². The summed E-state index contributed by atoms with van der Waals surface area (Å²) >= 11 is 12.4. The van der Waals surface area contributed by atoms with Crippen LogP contribution in [0.4, 0.5) is 0 Å². The minimum Gasteiger partial charge on any atom is -0.488 e.